The maximum atomic E-state index is 12.1. The number of nitrogens with zero attached hydrogens (tertiary/aromatic N) is 2. The van der Waals surface area contributed by atoms with E-state index in [1.54, 1.807) is 0 Å². The van der Waals surface area contributed by atoms with Gasteiger partial charge in [0.25, 0.3) is 0 Å². The number of aromatic nitrogens is 3. The van der Waals surface area contributed by atoms with Crippen molar-refractivity contribution in [3.8, 4) is 5.75 Å². The fourth-order valence-electron chi connectivity index (χ4n) is 1.61. The molecule has 0 unspecified atom stereocenters. The third kappa shape index (κ3) is 3.13. The number of sulfonamides is 1. The number of aliphatic hydroxyl groups is 1. The summed E-state index contributed by atoms with van der Waals surface area (Å²) in [7, 11) is -2.25. The molecule has 2 rings (SSSR count). The molecule has 0 radical (unpaired) electrons. The SMILES string of the molecule is COc1ccc(S(=O)(=O)NCc2ncn[nH]2)cc1CO. The van der Waals surface area contributed by atoms with Crippen molar-refractivity contribution in [1.82, 2.24) is 19.9 Å². The van der Waals surface area contributed by atoms with Gasteiger partial charge < -0.3 is 9.84 Å². The van der Waals surface area contributed by atoms with Crippen LogP contribution in [0.5, 0.6) is 5.75 Å². The quantitative estimate of drug-likeness (QED) is 0.679. The van der Waals surface area contributed by atoms with Gasteiger partial charge in [0.05, 0.1) is 25.2 Å². The highest BCUT2D eigenvalue weighted by Crippen LogP contribution is 2.22. The summed E-state index contributed by atoms with van der Waals surface area (Å²) in [4.78, 5) is 3.86. The predicted octanol–water partition coefficient (Wildman–Crippen LogP) is -0.216. The van der Waals surface area contributed by atoms with Crippen molar-refractivity contribution in [2.45, 2.75) is 18.0 Å². The van der Waals surface area contributed by atoms with Gasteiger partial charge in [-0.25, -0.2) is 18.1 Å². The average molecular weight is 298 g/mol. The number of aromatic amines is 1. The summed E-state index contributed by atoms with van der Waals surface area (Å²) in [5.74, 6) is 0.839. The van der Waals surface area contributed by atoms with Gasteiger partial charge in [0.2, 0.25) is 10.0 Å². The Morgan fingerprint density at radius 2 is 2.25 bits per heavy atom. The minimum Gasteiger partial charge on any atom is -0.496 e. The van der Waals surface area contributed by atoms with E-state index in [1.807, 2.05) is 0 Å². The lowest BCUT2D eigenvalue weighted by molar-refractivity contribution is 0.273. The lowest BCUT2D eigenvalue weighted by Gasteiger charge is -2.10. The maximum absolute atomic E-state index is 12.1. The Morgan fingerprint density at radius 1 is 1.45 bits per heavy atom. The van der Waals surface area contributed by atoms with Crippen molar-refractivity contribution >= 4 is 10.0 Å². The molecule has 0 atom stereocenters. The zero-order valence-electron chi connectivity index (χ0n) is 10.7. The van der Waals surface area contributed by atoms with Gasteiger partial charge in [-0.05, 0) is 18.2 Å². The molecule has 108 valence electrons. The average Bonchev–Trinajstić information content (AvgIpc) is 2.97. The van der Waals surface area contributed by atoms with Gasteiger partial charge in [0.1, 0.15) is 17.9 Å². The van der Waals surface area contributed by atoms with Crippen LogP contribution in [0, 0.1) is 0 Å². The van der Waals surface area contributed by atoms with Gasteiger partial charge in [-0.3, -0.25) is 5.10 Å². The molecule has 0 fully saturated rings. The Balaban J connectivity index is 2.20. The Morgan fingerprint density at radius 3 is 2.85 bits per heavy atom. The first kappa shape index (κ1) is 14.4. The van der Waals surface area contributed by atoms with Crippen LogP contribution in [0.2, 0.25) is 0 Å². The van der Waals surface area contributed by atoms with Crippen LogP contribution >= 0.6 is 0 Å². The second-order valence-electron chi connectivity index (χ2n) is 3.89. The van der Waals surface area contributed by atoms with Gasteiger partial charge >= 0.3 is 0 Å². The van der Waals surface area contributed by atoms with Gasteiger partial charge in [0, 0.05) is 5.56 Å². The largest absolute Gasteiger partial charge is 0.496 e. The number of methoxy groups -OCH3 is 1. The zero-order chi connectivity index (χ0) is 14.6. The minimum atomic E-state index is -3.70. The number of nitrogens with one attached hydrogen (secondary N) is 2. The highest BCUT2D eigenvalue weighted by molar-refractivity contribution is 7.89. The van der Waals surface area contributed by atoms with Crippen LogP contribution in [0.4, 0.5) is 0 Å². The van der Waals surface area contributed by atoms with E-state index in [1.165, 1.54) is 31.6 Å². The molecule has 0 aliphatic heterocycles. The fourth-order valence-corrected chi connectivity index (χ4v) is 2.65. The zero-order valence-corrected chi connectivity index (χ0v) is 11.5. The van der Waals surface area contributed by atoms with E-state index in [0.29, 0.717) is 17.1 Å². The number of benzene rings is 1. The van der Waals surface area contributed by atoms with E-state index in [0.717, 1.165) is 0 Å². The summed E-state index contributed by atoms with van der Waals surface area (Å²) in [5.41, 5.74) is 0.398. The van der Waals surface area contributed by atoms with Gasteiger partial charge in [-0.2, -0.15) is 5.10 Å². The topological polar surface area (TPSA) is 117 Å². The van der Waals surface area contributed by atoms with Crippen LogP contribution < -0.4 is 9.46 Å². The Labute approximate surface area is 115 Å². The molecule has 0 aliphatic rings. The third-order valence-corrected chi connectivity index (χ3v) is 4.03. The number of ether oxygens (including phenoxy) is 1. The standard InChI is InChI=1S/C11H14N4O4S/c1-19-10-3-2-9(4-8(10)6-16)20(17,18)14-5-11-12-7-13-15-11/h2-4,7,14,16H,5-6H2,1H3,(H,12,13,15). The minimum absolute atomic E-state index is 0.00280. The molecule has 0 aliphatic carbocycles. The summed E-state index contributed by atoms with van der Waals surface area (Å²) in [6.07, 6.45) is 1.29. The molecular weight excluding hydrogens is 284 g/mol. The van der Waals surface area contributed by atoms with Crippen molar-refractivity contribution < 1.29 is 18.3 Å². The number of hydrogen-bond acceptors (Lipinski definition) is 6. The van der Waals surface area contributed by atoms with Gasteiger partial charge in [0.15, 0.2) is 0 Å². The van der Waals surface area contributed by atoms with Crippen molar-refractivity contribution in [2.75, 3.05) is 7.11 Å². The molecule has 8 nitrogen and oxygen atoms in total. The van der Waals surface area contributed by atoms with Crippen LogP contribution in [0.15, 0.2) is 29.4 Å². The fraction of sp³-hybridized carbons (Fsp3) is 0.273. The van der Waals surface area contributed by atoms with E-state index in [4.69, 9.17) is 4.74 Å². The first-order valence-electron chi connectivity index (χ1n) is 5.68. The van der Waals surface area contributed by atoms with Gasteiger partial charge in [-0.15, -0.1) is 0 Å². The van der Waals surface area contributed by atoms with Crippen molar-refractivity contribution in [1.29, 1.82) is 0 Å². The van der Waals surface area contributed by atoms with Crippen LogP contribution in [-0.2, 0) is 23.2 Å². The number of H-pyrrole nitrogens is 1. The van der Waals surface area contributed by atoms with Crippen molar-refractivity contribution in [3.05, 3.63) is 35.9 Å². The molecule has 0 saturated carbocycles. The van der Waals surface area contributed by atoms with Crippen LogP contribution in [-0.4, -0.2) is 35.8 Å². The van der Waals surface area contributed by atoms with Crippen molar-refractivity contribution in [3.63, 3.8) is 0 Å². The number of hydrogen-bond donors (Lipinski definition) is 3. The lowest BCUT2D eigenvalue weighted by atomic mass is 10.2. The van der Waals surface area contributed by atoms with Crippen LogP contribution in [0.1, 0.15) is 11.4 Å². The maximum Gasteiger partial charge on any atom is 0.240 e. The Kier molecular flexibility index (Phi) is 4.32. The molecule has 1 aromatic carbocycles. The number of aliphatic hydroxyl groups excluding tert-OH is 1. The normalized spacial score (nSPS) is 11.5. The predicted molar refractivity (Wildman–Crippen MR) is 69.3 cm³/mol. The monoisotopic (exact) mass is 298 g/mol. The Hall–Kier alpha value is -1.97. The molecule has 0 amide bonds. The lowest BCUT2D eigenvalue weighted by Crippen LogP contribution is -2.24. The molecule has 9 heteroatoms. The van der Waals surface area contributed by atoms with Crippen LogP contribution in [0.25, 0.3) is 0 Å². The summed E-state index contributed by atoms with van der Waals surface area (Å²) in [6, 6.07) is 4.26. The van der Waals surface area contributed by atoms with E-state index >= 15 is 0 Å². The van der Waals surface area contributed by atoms with Gasteiger partial charge in [-0.1, -0.05) is 0 Å². The molecule has 1 heterocycles. The Bertz CT molecular complexity index is 670. The van der Waals surface area contributed by atoms with Crippen LogP contribution in [0.3, 0.4) is 0 Å². The third-order valence-electron chi connectivity index (χ3n) is 2.63. The van der Waals surface area contributed by atoms with E-state index in [9.17, 15) is 13.5 Å². The summed E-state index contributed by atoms with van der Waals surface area (Å²) in [6.45, 7) is -0.308. The molecule has 2 aromatic rings. The molecule has 20 heavy (non-hydrogen) atoms. The summed E-state index contributed by atoms with van der Waals surface area (Å²) < 4.78 is 31.6. The summed E-state index contributed by atoms with van der Waals surface area (Å²) in [5, 5.41) is 15.4. The smallest absolute Gasteiger partial charge is 0.240 e. The number of rotatable bonds is 6. The van der Waals surface area contributed by atoms with Crippen molar-refractivity contribution in [2.24, 2.45) is 0 Å². The molecule has 0 spiro atoms. The molecule has 0 saturated heterocycles. The molecule has 0 bridgehead atoms. The van der Waals surface area contributed by atoms with E-state index < -0.39 is 10.0 Å². The first-order chi connectivity index (χ1) is 9.56. The molecule has 1 aromatic heterocycles. The van der Waals surface area contributed by atoms with E-state index in [2.05, 4.69) is 19.9 Å². The highest BCUT2D eigenvalue weighted by Gasteiger charge is 2.16. The second kappa shape index (κ2) is 5.99. The molecular formula is C11H14N4O4S. The summed E-state index contributed by atoms with van der Waals surface area (Å²) >= 11 is 0. The second-order valence-corrected chi connectivity index (χ2v) is 5.66. The molecule has 3 N–H and O–H groups in total. The first-order valence-corrected chi connectivity index (χ1v) is 7.17. The highest BCUT2D eigenvalue weighted by atomic mass is 32.2. The van der Waals surface area contributed by atoms with E-state index in [-0.39, 0.29) is 18.0 Å².